The van der Waals surface area contributed by atoms with Gasteiger partial charge in [-0.1, -0.05) is 55.8 Å². The van der Waals surface area contributed by atoms with Gasteiger partial charge in [0.05, 0.1) is 0 Å². The zero-order valence-corrected chi connectivity index (χ0v) is 12.4. The van der Waals surface area contributed by atoms with Gasteiger partial charge >= 0.3 is 0 Å². The fourth-order valence-electron chi connectivity index (χ4n) is 3.52. The molecule has 1 saturated heterocycles. The lowest BCUT2D eigenvalue weighted by Crippen LogP contribution is -2.52. The lowest BCUT2D eigenvalue weighted by atomic mass is 9.67. The quantitative estimate of drug-likeness (QED) is 0.757. The molecule has 2 heteroatoms. The molecule has 107 valence electrons. The highest BCUT2D eigenvalue weighted by Gasteiger charge is 2.53. The van der Waals surface area contributed by atoms with Gasteiger partial charge in [-0.3, -0.25) is 0 Å². The van der Waals surface area contributed by atoms with Gasteiger partial charge in [0.25, 0.3) is 0 Å². The van der Waals surface area contributed by atoms with Gasteiger partial charge in [0, 0.05) is 11.5 Å². The van der Waals surface area contributed by atoms with E-state index in [9.17, 15) is 0 Å². The Bertz CT molecular complexity index is 475. The first-order valence-electron chi connectivity index (χ1n) is 7.48. The van der Waals surface area contributed by atoms with Gasteiger partial charge in [-0.25, -0.2) is 0 Å². The zero-order valence-electron chi connectivity index (χ0n) is 12.4. The average molecular weight is 271 g/mol. The minimum Gasteiger partial charge on any atom is -0.319 e. The summed E-state index contributed by atoms with van der Waals surface area (Å²) in [5.41, 5.74) is 2.34. The molecule has 2 nitrogen and oxygen atoms in total. The fraction of sp³-hybridized carbons (Fsp3) is 0.500. The molecule has 0 spiro atoms. The summed E-state index contributed by atoms with van der Waals surface area (Å²) in [4.78, 5) is 0. The molecular weight excluding hydrogens is 248 g/mol. The Morgan fingerprint density at radius 1 is 1.20 bits per heavy atom. The molecule has 0 N–H and O–H groups in total. The van der Waals surface area contributed by atoms with Crippen LogP contribution in [0.2, 0.25) is 0 Å². The van der Waals surface area contributed by atoms with E-state index < -0.39 is 5.79 Å². The minimum atomic E-state index is -0.625. The van der Waals surface area contributed by atoms with Crippen molar-refractivity contribution in [2.75, 3.05) is 6.79 Å². The maximum Gasteiger partial charge on any atom is 0.206 e. The highest BCUT2D eigenvalue weighted by atomic mass is 16.9. The average Bonchev–Trinajstić information content (AvgIpc) is 2.38. The first-order valence-corrected chi connectivity index (χ1v) is 7.48. The van der Waals surface area contributed by atoms with Crippen molar-refractivity contribution >= 4 is 0 Å². The van der Waals surface area contributed by atoms with E-state index in [4.69, 9.17) is 9.47 Å². The molecule has 1 heterocycles. The van der Waals surface area contributed by atoms with Gasteiger partial charge in [-0.2, -0.15) is 0 Å². The number of benzene rings is 1. The van der Waals surface area contributed by atoms with E-state index in [2.05, 4.69) is 32.6 Å². The molecular formula is C18H23O2. The van der Waals surface area contributed by atoms with Crippen LogP contribution in [0.5, 0.6) is 0 Å². The maximum atomic E-state index is 5.97. The van der Waals surface area contributed by atoms with Gasteiger partial charge in [-0.15, -0.1) is 0 Å². The second kappa shape index (κ2) is 5.34. The van der Waals surface area contributed by atoms with Gasteiger partial charge in [-0.05, 0) is 31.6 Å². The van der Waals surface area contributed by atoms with E-state index in [1.54, 1.807) is 0 Å². The Balaban J connectivity index is 1.96. The Morgan fingerprint density at radius 2 is 1.90 bits per heavy atom. The third-order valence-corrected chi connectivity index (χ3v) is 4.63. The summed E-state index contributed by atoms with van der Waals surface area (Å²) in [6, 6.07) is 10.3. The largest absolute Gasteiger partial charge is 0.319 e. The Hall–Kier alpha value is -1.12. The van der Waals surface area contributed by atoms with Gasteiger partial charge in [0.2, 0.25) is 5.79 Å². The van der Waals surface area contributed by atoms with Crippen molar-refractivity contribution in [3.05, 3.63) is 54.0 Å². The second-order valence-corrected chi connectivity index (χ2v) is 6.20. The third kappa shape index (κ3) is 2.21. The van der Waals surface area contributed by atoms with Crippen LogP contribution in [0.25, 0.3) is 0 Å². The molecule has 1 aromatic rings. The summed E-state index contributed by atoms with van der Waals surface area (Å²) >= 11 is 0. The molecule has 0 aromatic heterocycles. The molecule has 1 saturated carbocycles. The van der Waals surface area contributed by atoms with Crippen LogP contribution in [-0.4, -0.2) is 6.79 Å². The summed E-state index contributed by atoms with van der Waals surface area (Å²) in [5.74, 6) is 1.83. The van der Waals surface area contributed by atoms with Crippen molar-refractivity contribution in [3.63, 3.8) is 0 Å². The van der Waals surface area contributed by atoms with Crippen molar-refractivity contribution in [2.24, 2.45) is 11.8 Å². The first-order chi connectivity index (χ1) is 9.63. The molecule has 1 aliphatic heterocycles. The summed E-state index contributed by atoms with van der Waals surface area (Å²) in [7, 11) is 0. The lowest BCUT2D eigenvalue weighted by Gasteiger charge is -2.51. The maximum absolute atomic E-state index is 5.97. The highest BCUT2D eigenvalue weighted by Crippen LogP contribution is 2.53. The second-order valence-electron chi connectivity index (χ2n) is 6.20. The van der Waals surface area contributed by atoms with Crippen LogP contribution in [-0.2, 0) is 15.3 Å². The number of hydrogen-bond acceptors (Lipinski definition) is 2. The first kappa shape index (κ1) is 13.8. The summed E-state index contributed by atoms with van der Waals surface area (Å²) < 4.78 is 11.9. The molecule has 1 radical (unpaired) electrons. The number of rotatable bonds is 3. The third-order valence-electron chi connectivity index (χ3n) is 4.63. The number of hydrogen-bond donors (Lipinski definition) is 0. The summed E-state index contributed by atoms with van der Waals surface area (Å²) in [5, 5.41) is 0. The van der Waals surface area contributed by atoms with E-state index >= 15 is 0 Å². The van der Waals surface area contributed by atoms with Crippen molar-refractivity contribution in [3.8, 4) is 0 Å². The van der Waals surface area contributed by atoms with Gasteiger partial charge in [0.1, 0.15) is 0 Å². The molecule has 20 heavy (non-hydrogen) atoms. The van der Waals surface area contributed by atoms with E-state index in [-0.39, 0.29) is 0 Å². The van der Waals surface area contributed by atoms with Crippen LogP contribution in [0, 0.1) is 17.8 Å². The van der Waals surface area contributed by atoms with Crippen LogP contribution in [0.3, 0.4) is 0 Å². The topological polar surface area (TPSA) is 18.5 Å². The van der Waals surface area contributed by atoms with E-state index in [1.807, 2.05) is 18.2 Å². The molecule has 1 aromatic carbocycles. The smallest absolute Gasteiger partial charge is 0.206 e. The molecule has 2 atom stereocenters. The van der Waals surface area contributed by atoms with Gasteiger partial charge < -0.3 is 9.47 Å². The standard InChI is InChI=1S/C18H23O2/c1-13(2)16-10-9-14(3)11-17(16)18(19-12-20-18)15-7-5-4-6-8-15/h4-8,14,16H,1,9-12H2,2-3H3. The molecule has 1 aliphatic carbocycles. The van der Waals surface area contributed by atoms with E-state index in [0.29, 0.717) is 18.6 Å². The Kier molecular flexibility index (Phi) is 3.70. The normalized spacial score (nSPS) is 29.7. The van der Waals surface area contributed by atoms with Crippen LogP contribution < -0.4 is 0 Å². The highest BCUT2D eigenvalue weighted by molar-refractivity contribution is 5.32. The molecule has 2 aliphatic rings. The molecule has 2 fully saturated rings. The van der Waals surface area contributed by atoms with Crippen LogP contribution in [0.15, 0.2) is 42.5 Å². The van der Waals surface area contributed by atoms with Crippen LogP contribution in [0.4, 0.5) is 0 Å². The van der Waals surface area contributed by atoms with Crippen molar-refractivity contribution in [2.45, 2.75) is 38.9 Å². The zero-order chi connectivity index (χ0) is 14.2. The minimum absolute atomic E-state index is 0.385. The van der Waals surface area contributed by atoms with E-state index in [0.717, 1.165) is 18.4 Å². The predicted molar refractivity (Wildman–Crippen MR) is 79.7 cm³/mol. The monoisotopic (exact) mass is 271 g/mol. The predicted octanol–water partition coefficient (Wildman–Crippen LogP) is 4.43. The molecule has 2 unspecified atom stereocenters. The Morgan fingerprint density at radius 3 is 2.45 bits per heavy atom. The number of allylic oxidation sites excluding steroid dienone is 1. The van der Waals surface area contributed by atoms with Crippen LogP contribution in [0.1, 0.15) is 38.7 Å². The summed E-state index contributed by atoms with van der Waals surface area (Å²) in [6.07, 6.45) is 3.48. The lowest BCUT2D eigenvalue weighted by molar-refractivity contribution is -0.404. The van der Waals surface area contributed by atoms with E-state index in [1.165, 1.54) is 17.9 Å². The number of ether oxygens (including phenoxy) is 2. The Labute approximate surface area is 121 Å². The van der Waals surface area contributed by atoms with Crippen molar-refractivity contribution in [1.82, 2.24) is 0 Å². The molecule has 3 rings (SSSR count). The van der Waals surface area contributed by atoms with Crippen molar-refractivity contribution < 1.29 is 9.47 Å². The molecule has 0 amide bonds. The SMILES string of the molecule is C=C(C)C1CCC(C)C[C]1C1(c2ccccc2)OCO1. The van der Waals surface area contributed by atoms with Gasteiger partial charge in [0.15, 0.2) is 6.79 Å². The molecule has 0 bridgehead atoms. The van der Waals surface area contributed by atoms with Crippen molar-refractivity contribution in [1.29, 1.82) is 0 Å². The fourth-order valence-corrected chi connectivity index (χ4v) is 3.52. The summed E-state index contributed by atoms with van der Waals surface area (Å²) in [6.45, 7) is 9.01. The van der Waals surface area contributed by atoms with Crippen LogP contribution >= 0.6 is 0 Å².